The van der Waals surface area contributed by atoms with E-state index in [0.717, 1.165) is 18.9 Å². The lowest BCUT2D eigenvalue weighted by Crippen LogP contribution is -2.29. The van der Waals surface area contributed by atoms with Gasteiger partial charge in [0, 0.05) is 24.9 Å². The van der Waals surface area contributed by atoms with E-state index in [0.29, 0.717) is 6.54 Å². The third kappa shape index (κ3) is 3.27. The van der Waals surface area contributed by atoms with Gasteiger partial charge in [-0.25, -0.2) is 4.98 Å². The summed E-state index contributed by atoms with van der Waals surface area (Å²) in [5.74, 6) is 0.937. The maximum atomic E-state index is 5.52. The molecule has 0 bridgehead atoms. The summed E-state index contributed by atoms with van der Waals surface area (Å²) in [6.45, 7) is 2.91. The van der Waals surface area contributed by atoms with Gasteiger partial charge in [0.05, 0.1) is 10.7 Å². The fraction of sp³-hybridized carbons (Fsp3) is 0.750. The Balaban J connectivity index is 1.77. The molecule has 2 N–H and O–H groups in total. The minimum Gasteiger partial charge on any atom is -0.330 e. The first-order chi connectivity index (χ1) is 7.78. The Hall–Kier alpha value is -0.450. The molecule has 1 aromatic heterocycles. The molecule has 0 spiro atoms. The Morgan fingerprint density at radius 1 is 1.56 bits per heavy atom. The van der Waals surface area contributed by atoms with Crippen LogP contribution in [0.2, 0.25) is 0 Å². The molecule has 1 fully saturated rings. The minimum absolute atomic E-state index is 0.699. The molecule has 90 valence electrons. The van der Waals surface area contributed by atoms with Gasteiger partial charge in [0.2, 0.25) is 0 Å². The summed E-state index contributed by atoms with van der Waals surface area (Å²) in [4.78, 5) is 6.98. The largest absolute Gasteiger partial charge is 0.330 e. The van der Waals surface area contributed by atoms with Gasteiger partial charge in [0.1, 0.15) is 0 Å². The first kappa shape index (κ1) is 12.0. The smallest absolute Gasteiger partial charge is 0.0941 e. The van der Waals surface area contributed by atoms with Crippen LogP contribution in [0.1, 0.15) is 30.0 Å². The zero-order valence-electron chi connectivity index (χ0n) is 9.98. The lowest BCUT2D eigenvalue weighted by Gasteiger charge is -2.29. The molecule has 1 saturated carbocycles. The summed E-state index contributed by atoms with van der Waals surface area (Å²) in [7, 11) is 2.19. The number of hydrogen-bond donors (Lipinski definition) is 1. The Morgan fingerprint density at radius 3 is 3.00 bits per heavy atom. The number of hydrogen-bond acceptors (Lipinski definition) is 4. The van der Waals surface area contributed by atoms with Gasteiger partial charge >= 0.3 is 0 Å². The van der Waals surface area contributed by atoms with Crippen LogP contribution < -0.4 is 5.73 Å². The lowest BCUT2D eigenvalue weighted by atomic mass is 9.85. The van der Waals surface area contributed by atoms with E-state index < -0.39 is 0 Å². The highest BCUT2D eigenvalue weighted by molar-refractivity contribution is 7.09. The minimum atomic E-state index is 0.699. The van der Waals surface area contributed by atoms with E-state index in [4.69, 9.17) is 5.73 Å². The van der Waals surface area contributed by atoms with Crippen molar-refractivity contribution in [1.82, 2.24) is 9.88 Å². The lowest BCUT2D eigenvalue weighted by molar-refractivity contribution is 0.199. The highest BCUT2D eigenvalue weighted by atomic mass is 32.1. The van der Waals surface area contributed by atoms with Crippen molar-refractivity contribution in [3.8, 4) is 0 Å². The van der Waals surface area contributed by atoms with Crippen molar-refractivity contribution in [1.29, 1.82) is 0 Å². The molecule has 3 nitrogen and oxygen atoms in total. The predicted octanol–water partition coefficient (Wildman–Crippen LogP) is 1.88. The molecular weight excluding hydrogens is 218 g/mol. The second kappa shape index (κ2) is 5.75. The van der Waals surface area contributed by atoms with Crippen molar-refractivity contribution < 1.29 is 0 Å². The van der Waals surface area contributed by atoms with Crippen LogP contribution in [-0.4, -0.2) is 30.0 Å². The van der Waals surface area contributed by atoms with Crippen LogP contribution in [0.3, 0.4) is 0 Å². The summed E-state index contributed by atoms with van der Waals surface area (Å²) in [6, 6.07) is 0. The van der Waals surface area contributed by atoms with E-state index in [1.54, 1.807) is 11.3 Å². The summed E-state index contributed by atoms with van der Waals surface area (Å²) < 4.78 is 0. The molecule has 1 heterocycles. The van der Waals surface area contributed by atoms with E-state index in [9.17, 15) is 0 Å². The van der Waals surface area contributed by atoms with Crippen molar-refractivity contribution in [2.45, 2.75) is 32.2 Å². The van der Waals surface area contributed by atoms with Gasteiger partial charge in [-0.1, -0.05) is 6.42 Å². The monoisotopic (exact) mass is 239 g/mol. The molecule has 1 aliphatic rings. The summed E-state index contributed by atoms with van der Waals surface area (Å²) in [6.07, 6.45) is 5.17. The van der Waals surface area contributed by atoms with Crippen molar-refractivity contribution in [3.05, 3.63) is 16.1 Å². The highest BCUT2D eigenvalue weighted by Gasteiger charge is 2.19. The fourth-order valence-electron chi connectivity index (χ4n) is 2.12. The molecule has 0 radical (unpaired) electrons. The second-order valence-corrected chi connectivity index (χ2v) is 5.71. The van der Waals surface area contributed by atoms with Crippen molar-refractivity contribution in [2.24, 2.45) is 11.7 Å². The van der Waals surface area contributed by atoms with Gasteiger partial charge in [0.15, 0.2) is 0 Å². The highest BCUT2D eigenvalue weighted by Crippen LogP contribution is 2.27. The van der Waals surface area contributed by atoms with Gasteiger partial charge in [0.25, 0.3) is 0 Å². The predicted molar refractivity (Wildman–Crippen MR) is 68.5 cm³/mol. The first-order valence-electron chi connectivity index (χ1n) is 6.10. The summed E-state index contributed by atoms with van der Waals surface area (Å²) in [5.41, 5.74) is 6.72. The van der Waals surface area contributed by atoms with Crippen LogP contribution >= 0.6 is 11.3 Å². The van der Waals surface area contributed by atoms with Gasteiger partial charge in [-0.2, -0.15) is 0 Å². The summed E-state index contributed by atoms with van der Waals surface area (Å²) >= 11 is 1.74. The van der Waals surface area contributed by atoms with Crippen molar-refractivity contribution in [2.75, 3.05) is 20.1 Å². The van der Waals surface area contributed by atoms with Crippen molar-refractivity contribution >= 4 is 11.3 Å². The fourth-order valence-corrected chi connectivity index (χ4v) is 2.92. The van der Waals surface area contributed by atoms with Crippen LogP contribution in [0.4, 0.5) is 0 Å². The zero-order valence-corrected chi connectivity index (χ0v) is 10.8. The average molecular weight is 239 g/mol. The SMILES string of the molecule is CN(Cc1csc(CCN)n1)CC1CCC1. The Morgan fingerprint density at radius 2 is 2.38 bits per heavy atom. The van der Waals surface area contributed by atoms with Gasteiger partial charge in [-0.15, -0.1) is 11.3 Å². The number of nitrogens with zero attached hydrogens (tertiary/aromatic N) is 2. The third-order valence-corrected chi connectivity index (χ3v) is 4.14. The zero-order chi connectivity index (χ0) is 11.4. The Bertz CT molecular complexity index is 320. The normalized spacial score (nSPS) is 16.7. The maximum absolute atomic E-state index is 5.52. The van der Waals surface area contributed by atoms with Crippen molar-refractivity contribution in [3.63, 3.8) is 0 Å². The molecule has 0 amide bonds. The number of nitrogens with two attached hydrogens (primary N) is 1. The van der Waals surface area contributed by atoms with Crippen LogP contribution in [0.15, 0.2) is 5.38 Å². The molecule has 1 aliphatic carbocycles. The molecule has 16 heavy (non-hydrogen) atoms. The topological polar surface area (TPSA) is 42.1 Å². The molecule has 0 unspecified atom stereocenters. The number of aromatic nitrogens is 1. The van der Waals surface area contributed by atoms with E-state index in [-0.39, 0.29) is 0 Å². The van der Waals surface area contributed by atoms with E-state index in [2.05, 4.69) is 22.3 Å². The maximum Gasteiger partial charge on any atom is 0.0941 e. The summed E-state index contributed by atoms with van der Waals surface area (Å²) in [5, 5.41) is 3.34. The van der Waals surface area contributed by atoms with Gasteiger partial charge in [-0.3, -0.25) is 0 Å². The standard InChI is InChI=1S/C12H21N3S/c1-15(7-10-3-2-4-10)8-11-9-16-12(14-11)5-6-13/h9-10H,2-8,13H2,1H3. The number of rotatable bonds is 6. The van der Waals surface area contributed by atoms with Crippen LogP contribution in [-0.2, 0) is 13.0 Å². The molecule has 0 saturated heterocycles. The van der Waals surface area contributed by atoms with Gasteiger partial charge < -0.3 is 10.6 Å². The molecule has 0 atom stereocenters. The van der Waals surface area contributed by atoms with Crippen LogP contribution in [0, 0.1) is 5.92 Å². The average Bonchev–Trinajstić information content (AvgIpc) is 2.60. The molecule has 0 aromatic carbocycles. The van der Waals surface area contributed by atoms with Crippen LogP contribution in [0.5, 0.6) is 0 Å². The van der Waals surface area contributed by atoms with E-state index >= 15 is 0 Å². The quantitative estimate of drug-likeness (QED) is 0.824. The molecule has 1 aromatic rings. The first-order valence-corrected chi connectivity index (χ1v) is 6.98. The molecule has 4 heteroatoms. The van der Waals surface area contributed by atoms with E-state index in [1.165, 1.54) is 36.5 Å². The Labute approximate surface area is 102 Å². The van der Waals surface area contributed by atoms with Crippen LogP contribution in [0.25, 0.3) is 0 Å². The number of thiazole rings is 1. The second-order valence-electron chi connectivity index (χ2n) is 4.76. The molecule has 0 aliphatic heterocycles. The van der Waals surface area contributed by atoms with Gasteiger partial charge in [-0.05, 0) is 32.4 Å². The van der Waals surface area contributed by atoms with E-state index in [1.807, 2.05) is 0 Å². The third-order valence-electron chi connectivity index (χ3n) is 3.18. The molecule has 2 rings (SSSR count). The Kier molecular flexibility index (Phi) is 4.32. The molecular formula is C12H21N3S.